The van der Waals surface area contributed by atoms with Gasteiger partial charge in [0.05, 0.1) is 59.0 Å². The van der Waals surface area contributed by atoms with Gasteiger partial charge in [-0.25, -0.2) is 4.98 Å². The zero-order chi connectivity index (χ0) is 26.0. The highest BCUT2D eigenvalue weighted by Gasteiger charge is 2.31. The maximum atomic E-state index is 13.2. The van der Waals surface area contributed by atoms with Crippen LogP contribution in [0.1, 0.15) is 31.0 Å². The van der Waals surface area contributed by atoms with Gasteiger partial charge in [-0.3, -0.25) is 14.3 Å². The number of fused-ring (bicyclic) bond motifs is 4. The first-order chi connectivity index (χ1) is 18.5. The van der Waals surface area contributed by atoms with Gasteiger partial charge in [-0.15, -0.1) is 0 Å². The molecule has 0 radical (unpaired) electrons. The van der Waals surface area contributed by atoms with Crippen LogP contribution in [0.3, 0.4) is 0 Å². The molecule has 1 saturated carbocycles. The number of aromatic nitrogens is 4. The predicted molar refractivity (Wildman–Crippen MR) is 146 cm³/mol. The van der Waals surface area contributed by atoms with Gasteiger partial charge in [0.1, 0.15) is 5.82 Å². The molecule has 10 nitrogen and oxygen atoms in total. The third kappa shape index (κ3) is 3.75. The number of pyridine rings is 2. The Morgan fingerprint density at radius 3 is 2.76 bits per heavy atom. The van der Waals surface area contributed by atoms with Crippen molar-refractivity contribution >= 4 is 39.7 Å². The van der Waals surface area contributed by atoms with E-state index in [0.717, 1.165) is 48.4 Å². The number of amides is 1. The van der Waals surface area contributed by atoms with Crippen LogP contribution in [0.5, 0.6) is 0 Å². The number of benzene rings is 1. The Hall–Kier alpha value is -4.18. The Morgan fingerprint density at radius 2 is 1.97 bits per heavy atom. The van der Waals surface area contributed by atoms with E-state index in [2.05, 4.69) is 38.3 Å². The van der Waals surface area contributed by atoms with Crippen molar-refractivity contribution in [3.63, 3.8) is 0 Å². The van der Waals surface area contributed by atoms with Gasteiger partial charge < -0.3 is 24.8 Å². The molecule has 1 aromatic carbocycles. The lowest BCUT2D eigenvalue weighted by atomic mass is 9.97. The fourth-order valence-electron chi connectivity index (χ4n) is 5.59. The van der Waals surface area contributed by atoms with Crippen LogP contribution in [0.25, 0.3) is 22.0 Å². The van der Waals surface area contributed by atoms with E-state index in [9.17, 15) is 9.59 Å². The van der Waals surface area contributed by atoms with Gasteiger partial charge >= 0.3 is 0 Å². The summed E-state index contributed by atoms with van der Waals surface area (Å²) in [5.74, 6) is 0.458. The minimum atomic E-state index is -0.155. The van der Waals surface area contributed by atoms with Crippen molar-refractivity contribution in [2.45, 2.75) is 31.8 Å². The van der Waals surface area contributed by atoms with Crippen LogP contribution in [0.15, 0.2) is 47.5 Å². The highest BCUT2D eigenvalue weighted by molar-refractivity contribution is 6.00. The molecule has 7 rings (SSSR count). The number of anilines is 4. The minimum absolute atomic E-state index is 0.0272. The summed E-state index contributed by atoms with van der Waals surface area (Å²) in [7, 11) is 3.79. The maximum Gasteiger partial charge on any atom is 0.261 e. The molecule has 5 heterocycles. The number of carbonyl (C=O) groups is 1. The Balaban J connectivity index is 1.32. The zero-order valence-corrected chi connectivity index (χ0v) is 21.4. The Bertz CT molecular complexity index is 1650. The molecule has 3 aliphatic rings. The average Bonchev–Trinajstić information content (AvgIpc) is 3.46. The van der Waals surface area contributed by atoms with Gasteiger partial charge in [0.25, 0.3) is 5.56 Å². The van der Waals surface area contributed by atoms with Crippen LogP contribution in [-0.2, 0) is 23.1 Å². The number of ether oxygens (including phenoxy) is 1. The Kier molecular flexibility index (Phi) is 5.26. The first-order valence-electron chi connectivity index (χ1n) is 13.0. The lowest BCUT2D eigenvalue weighted by Crippen LogP contribution is -2.26. The second-order valence-corrected chi connectivity index (χ2v) is 10.5. The SMILES string of the molecule is CN1Cc2c(cnn2C2CCOC2)-c2cccc(Nc3cc(NC(=O)C4CC4)nc4ccn(C)c(=O)c34)c21. The third-order valence-electron chi connectivity index (χ3n) is 7.75. The van der Waals surface area contributed by atoms with Crippen LogP contribution >= 0.6 is 0 Å². The molecule has 1 amide bonds. The van der Waals surface area contributed by atoms with E-state index in [1.807, 2.05) is 18.3 Å². The van der Waals surface area contributed by atoms with E-state index in [-0.39, 0.29) is 23.4 Å². The number of hydrogen-bond acceptors (Lipinski definition) is 7. The van der Waals surface area contributed by atoms with Crippen molar-refractivity contribution < 1.29 is 9.53 Å². The highest BCUT2D eigenvalue weighted by Crippen LogP contribution is 2.45. The molecule has 1 saturated heterocycles. The minimum Gasteiger partial charge on any atom is -0.379 e. The standard InChI is InChI=1S/C28H29N7O3/c1-33-10-8-20-25(28(33)37)22(12-24(31-20)32-27(36)16-6-7-16)30-21-5-3-4-18-19-13-29-35(17-9-11-38-15-17)23(19)14-34(2)26(18)21/h3-5,8,10,12-13,16-17H,6-7,9,11,14-15H2,1-2H3,(H2,30,31,32,36). The molecule has 1 atom stereocenters. The average molecular weight is 512 g/mol. The normalized spacial score (nSPS) is 18.4. The van der Waals surface area contributed by atoms with Crippen LogP contribution < -0.4 is 21.1 Å². The fourth-order valence-corrected chi connectivity index (χ4v) is 5.59. The van der Waals surface area contributed by atoms with Crippen molar-refractivity contribution in [3.05, 3.63) is 58.8 Å². The number of nitrogens with zero attached hydrogens (tertiary/aromatic N) is 5. The molecule has 0 spiro atoms. The van der Waals surface area contributed by atoms with E-state index < -0.39 is 0 Å². The Labute approximate surface area is 219 Å². The predicted octanol–water partition coefficient (Wildman–Crippen LogP) is 3.80. The molecule has 38 heavy (non-hydrogen) atoms. The second kappa shape index (κ2) is 8.70. The molecule has 2 aliphatic heterocycles. The summed E-state index contributed by atoms with van der Waals surface area (Å²) in [6, 6.07) is 9.95. The van der Waals surface area contributed by atoms with Gasteiger partial charge in [-0.2, -0.15) is 5.10 Å². The Morgan fingerprint density at radius 1 is 1.11 bits per heavy atom. The molecule has 2 fully saturated rings. The summed E-state index contributed by atoms with van der Waals surface area (Å²) >= 11 is 0. The molecule has 10 heteroatoms. The largest absolute Gasteiger partial charge is 0.379 e. The lowest BCUT2D eigenvalue weighted by Gasteiger charge is -2.31. The van der Waals surface area contributed by atoms with E-state index in [1.54, 1.807) is 25.4 Å². The summed E-state index contributed by atoms with van der Waals surface area (Å²) < 4.78 is 9.28. The molecule has 2 N–H and O–H groups in total. The summed E-state index contributed by atoms with van der Waals surface area (Å²) in [6.45, 7) is 2.16. The summed E-state index contributed by atoms with van der Waals surface area (Å²) in [5.41, 5.74) is 6.25. The number of aryl methyl sites for hydroxylation is 1. The topological polar surface area (TPSA) is 106 Å². The van der Waals surface area contributed by atoms with Crippen LogP contribution in [-0.4, -0.2) is 45.5 Å². The quantitative estimate of drug-likeness (QED) is 0.420. The first-order valence-corrected chi connectivity index (χ1v) is 13.0. The van der Waals surface area contributed by atoms with Crippen molar-refractivity contribution in [1.29, 1.82) is 0 Å². The van der Waals surface area contributed by atoms with Crippen LogP contribution in [0, 0.1) is 5.92 Å². The summed E-state index contributed by atoms with van der Waals surface area (Å²) in [6.07, 6.45) is 6.42. The van der Waals surface area contributed by atoms with Gasteiger partial charge in [0.2, 0.25) is 5.91 Å². The fraction of sp³-hybridized carbons (Fsp3) is 0.357. The lowest BCUT2D eigenvalue weighted by molar-refractivity contribution is -0.117. The van der Waals surface area contributed by atoms with Crippen molar-refractivity contribution in [3.8, 4) is 11.1 Å². The van der Waals surface area contributed by atoms with Gasteiger partial charge in [0.15, 0.2) is 0 Å². The van der Waals surface area contributed by atoms with E-state index in [1.165, 1.54) is 10.3 Å². The summed E-state index contributed by atoms with van der Waals surface area (Å²) in [5, 5.41) is 11.7. The molecule has 0 bridgehead atoms. The van der Waals surface area contributed by atoms with Gasteiger partial charge in [-0.05, 0) is 31.4 Å². The molecule has 3 aromatic heterocycles. The van der Waals surface area contributed by atoms with Gasteiger partial charge in [0, 0.05) is 50.0 Å². The molecule has 1 unspecified atom stereocenters. The monoisotopic (exact) mass is 511 g/mol. The molecular weight excluding hydrogens is 482 g/mol. The van der Waals surface area contributed by atoms with E-state index in [0.29, 0.717) is 35.6 Å². The van der Waals surface area contributed by atoms with Gasteiger partial charge in [-0.1, -0.05) is 12.1 Å². The molecule has 194 valence electrons. The van der Waals surface area contributed by atoms with E-state index in [4.69, 9.17) is 9.84 Å². The molecular formula is C28H29N7O3. The van der Waals surface area contributed by atoms with Crippen LogP contribution in [0.2, 0.25) is 0 Å². The van der Waals surface area contributed by atoms with Crippen LogP contribution in [0.4, 0.5) is 22.9 Å². The number of carbonyl (C=O) groups excluding carboxylic acids is 1. The zero-order valence-electron chi connectivity index (χ0n) is 21.4. The maximum absolute atomic E-state index is 13.2. The number of para-hydroxylation sites is 1. The van der Waals surface area contributed by atoms with E-state index >= 15 is 0 Å². The van der Waals surface area contributed by atoms with Crippen molar-refractivity contribution in [2.24, 2.45) is 13.0 Å². The smallest absolute Gasteiger partial charge is 0.261 e. The number of rotatable bonds is 5. The van der Waals surface area contributed by atoms with Crippen molar-refractivity contribution in [2.75, 3.05) is 35.8 Å². The third-order valence-corrected chi connectivity index (χ3v) is 7.75. The van der Waals surface area contributed by atoms with Crippen molar-refractivity contribution in [1.82, 2.24) is 19.3 Å². The number of hydrogen-bond donors (Lipinski definition) is 2. The summed E-state index contributed by atoms with van der Waals surface area (Å²) in [4.78, 5) is 32.5. The first kappa shape index (κ1) is 23.0. The second-order valence-electron chi connectivity index (χ2n) is 10.5. The molecule has 4 aromatic rings. The molecule has 1 aliphatic carbocycles. The highest BCUT2D eigenvalue weighted by atomic mass is 16.5. The number of nitrogens with one attached hydrogen (secondary N) is 2.